The zero-order chi connectivity index (χ0) is 11.5. The molecule has 0 aliphatic heterocycles. The SMILES string of the molecule is Cc1ccc(C(C)C2=CCCC=C2)c(C)c1. The minimum atomic E-state index is 0.525. The van der Waals surface area contributed by atoms with Crippen molar-refractivity contribution in [2.75, 3.05) is 0 Å². The molecule has 1 aliphatic carbocycles. The van der Waals surface area contributed by atoms with Crippen LogP contribution in [-0.4, -0.2) is 0 Å². The lowest BCUT2D eigenvalue weighted by molar-refractivity contribution is 0.873. The van der Waals surface area contributed by atoms with E-state index in [1.54, 1.807) is 0 Å². The van der Waals surface area contributed by atoms with Gasteiger partial charge in [-0.15, -0.1) is 0 Å². The van der Waals surface area contributed by atoms with Crippen molar-refractivity contribution in [1.29, 1.82) is 0 Å². The first kappa shape index (κ1) is 11.2. The fourth-order valence-electron chi connectivity index (χ4n) is 2.45. The number of aryl methyl sites for hydroxylation is 2. The molecule has 16 heavy (non-hydrogen) atoms. The van der Waals surface area contributed by atoms with Crippen molar-refractivity contribution >= 4 is 0 Å². The summed E-state index contributed by atoms with van der Waals surface area (Å²) in [5.41, 5.74) is 5.69. The number of hydrogen-bond acceptors (Lipinski definition) is 0. The van der Waals surface area contributed by atoms with Gasteiger partial charge in [-0.3, -0.25) is 0 Å². The normalized spacial score (nSPS) is 17.1. The molecule has 0 amide bonds. The predicted octanol–water partition coefficient (Wildman–Crippen LogP) is 4.68. The van der Waals surface area contributed by atoms with Crippen LogP contribution in [0.1, 0.15) is 42.4 Å². The quantitative estimate of drug-likeness (QED) is 0.667. The summed E-state index contributed by atoms with van der Waals surface area (Å²) in [6.45, 7) is 6.67. The van der Waals surface area contributed by atoms with E-state index >= 15 is 0 Å². The summed E-state index contributed by atoms with van der Waals surface area (Å²) >= 11 is 0. The van der Waals surface area contributed by atoms with Crippen LogP contribution in [0.2, 0.25) is 0 Å². The molecule has 0 aromatic heterocycles. The van der Waals surface area contributed by atoms with Gasteiger partial charge in [-0.05, 0) is 43.4 Å². The Morgan fingerprint density at radius 3 is 2.56 bits per heavy atom. The van der Waals surface area contributed by atoms with E-state index in [2.05, 4.69) is 57.2 Å². The van der Waals surface area contributed by atoms with E-state index in [9.17, 15) is 0 Å². The molecule has 1 aliphatic rings. The van der Waals surface area contributed by atoms with Crippen molar-refractivity contribution in [3.8, 4) is 0 Å². The topological polar surface area (TPSA) is 0 Å². The fourth-order valence-corrected chi connectivity index (χ4v) is 2.45. The fraction of sp³-hybridized carbons (Fsp3) is 0.375. The molecule has 0 saturated heterocycles. The highest BCUT2D eigenvalue weighted by Gasteiger charge is 2.12. The second-order valence-electron chi connectivity index (χ2n) is 4.77. The molecule has 0 saturated carbocycles. The van der Waals surface area contributed by atoms with Crippen LogP contribution in [0.25, 0.3) is 0 Å². The second kappa shape index (κ2) is 4.69. The van der Waals surface area contributed by atoms with E-state index in [1.807, 2.05) is 0 Å². The summed E-state index contributed by atoms with van der Waals surface area (Å²) in [6, 6.07) is 6.77. The first-order valence-corrected chi connectivity index (χ1v) is 6.12. The number of hydrogen-bond donors (Lipinski definition) is 0. The van der Waals surface area contributed by atoms with E-state index in [-0.39, 0.29) is 0 Å². The van der Waals surface area contributed by atoms with Crippen molar-refractivity contribution < 1.29 is 0 Å². The zero-order valence-corrected chi connectivity index (χ0v) is 10.5. The number of allylic oxidation sites excluding steroid dienone is 4. The zero-order valence-electron chi connectivity index (χ0n) is 10.5. The molecule has 0 radical (unpaired) electrons. The van der Waals surface area contributed by atoms with E-state index in [0.717, 1.165) is 0 Å². The molecule has 1 aromatic carbocycles. The molecular weight excluding hydrogens is 192 g/mol. The Labute approximate surface area is 98.7 Å². The van der Waals surface area contributed by atoms with Gasteiger partial charge < -0.3 is 0 Å². The van der Waals surface area contributed by atoms with Crippen molar-refractivity contribution in [2.24, 2.45) is 0 Å². The smallest absolute Gasteiger partial charge is 0.00603 e. The van der Waals surface area contributed by atoms with Gasteiger partial charge in [0, 0.05) is 5.92 Å². The van der Waals surface area contributed by atoms with E-state index in [4.69, 9.17) is 0 Å². The molecule has 2 rings (SSSR count). The molecule has 1 atom stereocenters. The maximum absolute atomic E-state index is 2.38. The summed E-state index contributed by atoms with van der Waals surface area (Å²) in [5, 5.41) is 0. The van der Waals surface area contributed by atoms with Crippen molar-refractivity contribution in [2.45, 2.75) is 39.5 Å². The van der Waals surface area contributed by atoms with Gasteiger partial charge in [0.2, 0.25) is 0 Å². The van der Waals surface area contributed by atoms with Crippen LogP contribution in [0.3, 0.4) is 0 Å². The summed E-state index contributed by atoms with van der Waals surface area (Å²) in [6.07, 6.45) is 9.34. The first-order valence-electron chi connectivity index (χ1n) is 6.12. The highest BCUT2D eigenvalue weighted by Crippen LogP contribution is 2.30. The Balaban J connectivity index is 2.30. The Morgan fingerprint density at radius 1 is 1.12 bits per heavy atom. The van der Waals surface area contributed by atoms with Crippen molar-refractivity contribution in [3.05, 3.63) is 58.7 Å². The van der Waals surface area contributed by atoms with E-state index < -0.39 is 0 Å². The maximum atomic E-state index is 2.38. The molecule has 0 bridgehead atoms. The van der Waals surface area contributed by atoms with Crippen LogP contribution in [-0.2, 0) is 0 Å². The molecule has 1 aromatic rings. The summed E-state index contributed by atoms with van der Waals surface area (Å²) in [7, 11) is 0. The van der Waals surface area contributed by atoms with Gasteiger partial charge >= 0.3 is 0 Å². The Bertz CT molecular complexity index is 435. The average molecular weight is 212 g/mol. The van der Waals surface area contributed by atoms with Gasteiger partial charge in [-0.25, -0.2) is 0 Å². The van der Waals surface area contributed by atoms with Crippen LogP contribution in [0.15, 0.2) is 42.0 Å². The van der Waals surface area contributed by atoms with Gasteiger partial charge in [0.25, 0.3) is 0 Å². The Kier molecular flexibility index (Phi) is 3.28. The summed E-state index contributed by atoms with van der Waals surface area (Å²) in [5.74, 6) is 0.525. The molecule has 0 heteroatoms. The lowest BCUT2D eigenvalue weighted by Gasteiger charge is -2.18. The van der Waals surface area contributed by atoms with Crippen molar-refractivity contribution in [1.82, 2.24) is 0 Å². The van der Waals surface area contributed by atoms with E-state index in [0.29, 0.717) is 5.92 Å². The summed E-state index contributed by atoms with van der Waals surface area (Å²) < 4.78 is 0. The average Bonchev–Trinajstić information content (AvgIpc) is 2.29. The molecule has 84 valence electrons. The van der Waals surface area contributed by atoms with Gasteiger partial charge in [0.05, 0.1) is 0 Å². The molecule has 0 spiro atoms. The molecule has 0 heterocycles. The third kappa shape index (κ3) is 2.27. The standard InChI is InChI=1S/C16H20/c1-12-9-10-16(13(2)11-12)14(3)15-7-5-4-6-8-15/h5,7-11,14H,4,6H2,1-3H3. The largest absolute Gasteiger partial charge is 0.0839 e. The molecular formula is C16H20. The third-order valence-corrected chi connectivity index (χ3v) is 3.42. The predicted molar refractivity (Wildman–Crippen MR) is 70.8 cm³/mol. The molecule has 0 nitrogen and oxygen atoms in total. The molecule has 0 fully saturated rings. The van der Waals surface area contributed by atoms with Gasteiger partial charge in [-0.2, -0.15) is 0 Å². The second-order valence-corrected chi connectivity index (χ2v) is 4.77. The van der Waals surface area contributed by atoms with Gasteiger partial charge in [0.1, 0.15) is 0 Å². The number of benzene rings is 1. The third-order valence-electron chi connectivity index (χ3n) is 3.42. The lowest BCUT2D eigenvalue weighted by Crippen LogP contribution is -2.01. The van der Waals surface area contributed by atoms with E-state index in [1.165, 1.54) is 35.1 Å². The first-order chi connectivity index (χ1) is 7.68. The van der Waals surface area contributed by atoms with Crippen LogP contribution in [0.4, 0.5) is 0 Å². The maximum Gasteiger partial charge on any atom is 0.00603 e. The highest BCUT2D eigenvalue weighted by molar-refractivity contribution is 5.41. The van der Waals surface area contributed by atoms with Crippen LogP contribution < -0.4 is 0 Å². The van der Waals surface area contributed by atoms with Gasteiger partial charge in [0.15, 0.2) is 0 Å². The Hall–Kier alpha value is -1.30. The molecule has 0 N–H and O–H groups in total. The molecule has 1 unspecified atom stereocenters. The van der Waals surface area contributed by atoms with Crippen LogP contribution in [0.5, 0.6) is 0 Å². The Morgan fingerprint density at radius 2 is 1.94 bits per heavy atom. The van der Waals surface area contributed by atoms with Crippen molar-refractivity contribution in [3.63, 3.8) is 0 Å². The monoisotopic (exact) mass is 212 g/mol. The number of rotatable bonds is 2. The van der Waals surface area contributed by atoms with Gasteiger partial charge in [-0.1, -0.05) is 48.9 Å². The van der Waals surface area contributed by atoms with Crippen LogP contribution in [0, 0.1) is 13.8 Å². The minimum Gasteiger partial charge on any atom is -0.0839 e. The highest BCUT2D eigenvalue weighted by atomic mass is 14.2. The minimum absolute atomic E-state index is 0.525. The lowest BCUT2D eigenvalue weighted by atomic mass is 9.87. The summed E-state index contributed by atoms with van der Waals surface area (Å²) in [4.78, 5) is 0. The van der Waals surface area contributed by atoms with Crippen LogP contribution >= 0.6 is 0 Å².